The number of halogens is 1. The fraction of sp³-hybridized carbons (Fsp3) is 0.263. The monoisotopic (exact) mass is 532 g/mol. The van der Waals surface area contributed by atoms with E-state index < -0.39 is 26.0 Å². The van der Waals surface area contributed by atoms with E-state index in [0.29, 0.717) is 16.8 Å². The van der Waals surface area contributed by atoms with Crippen molar-refractivity contribution in [1.82, 2.24) is 9.46 Å². The van der Waals surface area contributed by atoms with Crippen LogP contribution in [0.2, 0.25) is 5.02 Å². The SMILES string of the molecule is Cc1cc(C)c(NC(=O)c2sccc2S(=O)(=O)Nc2onc(C)c2Cl)c(S(=O)(=O)N(C)C)c1. The highest BCUT2D eigenvalue weighted by atomic mass is 35.5. The molecule has 0 aliphatic heterocycles. The van der Waals surface area contributed by atoms with E-state index in [1.54, 1.807) is 19.9 Å². The quantitative estimate of drug-likeness (QED) is 0.473. The topological polar surface area (TPSA) is 139 Å². The molecule has 0 fully saturated rings. The number of carbonyl (C=O) groups is 1. The molecule has 0 radical (unpaired) electrons. The molecule has 33 heavy (non-hydrogen) atoms. The minimum atomic E-state index is -4.26. The van der Waals surface area contributed by atoms with Gasteiger partial charge in [0.05, 0.1) is 5.69 Å². The molecule has 14 heteroatoms. The minimum absolute atomic E-state index is 0.00591. The average molecular weight is 533 g/mol. The number of rotatable bonds is 7. The summed E-state index contributed by atoms with van der Waals surface area (Å²) < 4.78 is 59.5. The van der Waals surface area contributed by atoms with Crippen molar-refractivity contribution in [2.45, 2.75) is 30.6 Å². The Balaban J connectivity index is 2.01. The van der Waals surface area contributed by atoms with Gasteiger partial charge in [0.15, 0.2) is 0 Å². The van der Waals surface area contributed by atoms with Crippen LogP contribution in [0.4, 0.5) is 11.6 Å². The second-order valence-corrected chi connectivity index (χ2v) is 12.4. The summed E-state index contributed by atoms with van der Waals surface area (Å²) in [4.78, 5) is 12.5. The van der Waals surface area contributed by atoms with Crippen LogP contribution in [0.5, 0.6) is 0 Å². The van der Waals surface area contributed by atoms with Crippen LogP contribution in [0, 0.1) is 20.8 Å². The highest BCUT2D eigenvalue weighted by Gasteiger charge is 2.29. The van der Waals surface area contributed by atoms with Crippen LogP contribution in [0.15, 0.2) is 37.9 Å². The molecule has 0 bridgehead atoms. The maximum atomic E-state index is 13.1. The lowest BCUT2D eigenvalue weighted by molar-refractivity contribution is 0.102. The first kappa shape index (κ1) is 25.2. The van der Waals surface area contributed by atoms with Gasteiger partial charge in [-0.25, -0.2) is 25.9 Å². The molecule has 0 saturated carbocycles. The largest absolute Gasteiger partial charge is 0.336 e. The van der Waals surface area contributed by atoms with Gasteiger partial charge in [0.2, 0.25) is 10.0 Å². The lowest BCUT2D eigenvalue weighted by Crippen LogP contribution is -2.25. The number of nitrogens with zero attached hydrogens (tertiary/aromatic N) is 2. The van der Waals surface area contributed by atoms with Crippen LogP contribution in [0.1, 0.15) is 26.5 Å². The van der Waals surface area contributed by atoms with Crippen molar-refractivity contribution in [3.05, 3.63) is 50.3 Å². The lowest BCUT2D eigenvalue weighted by atomic mass is 10.1. The number of aromatic nitrogens is 1. The molecule has 10 nitrogen and oxygen atoms in total. The number of thiophene rings is 1. The Morgan fingerprint density at radius 3 is 2.36 bits per heavy atom. The van der Waals surface area contributed by atoms with Gasteiger partial charge < -0.3 is 9.84 Å². The van der Waals surface area contributed by atoms with Gasteiger partial charge in [0.1, 0.15) is 25.4 Å². The van der Waals surface area contributed by atoms with Crippen molar-refractivity contribution in [3.8, 4) is 0 Å². The zero-order valence-electron chi connectivity index (χ0n) is 18.3. The summed E-state index contributed by atoms with van der Waals surface area (Å²) in [6.07, 6.45) is 0. The van der Waals surface area contributed by atoms with Crippen LogP contribution in [0.3, 0.4) is 0 Å². The molecule has 2 N–H and O–H groups in total. The number of nitrogens with one attached hydrogen (secondary N) is 2. The predicted molar refractivity (Wildman–Crippen MR) is 126 cm³/mol. The van der Waals surface area contributed by atoms with Crippen molar-refractivity contribution in [2.75, 3.05) is 24.1 Å². The second kappa shape index (κ2) is 9.06. The Morgan fingerprint density at radius 2 is 1.79 bits per heavy atom. The van der Waals surface area contributed by atoms with Crippen molar-refractivity contribution in [2.24, 2.45) is 0 Å². The Bertz CT molecular complexity index is 1440. The van der Waals surface area contributed by atoms with Crippen LogP contribution < -0.4 is 10.0 Å². The van der Waals surface area contributed by atoms with Gasteiger partial charge in [-0.2, -0.15) is 0 Å². The molecule has 0 aliphatic carbocycles. The van der Waals surface area contributed by atoms with Crippen LogP contribution in [-0.4, -0.2) is 46.3 Å². The first-order valence-electron chi connectivity index (χ1n) is 9.33. The molecule has 0 aliphatic rings. The Labute approximate surface area is 200 Å². The number of hydrogen-bond acceptors (Lipinski definition) is 8. The molecule has 178 valence electrons. The van der Waals surface area contributed by atoms with Gasteiger partial charge in [0, 0.05) is 14.1 Å². The van der Waals surface area contributed by atoms with Gasteiger partial charge in [-0.3, -0.25) is 4.79 Å². The standard InChI is InChI=1S/C19H21ClN4O6S3/c1-10-8-11(2)16(14(9-10)33(28,29)24(4)5)21-18(25)17-13(6-7-31-17)32(26,27)23-19-15(20)12(3)22-30-19/h6-9,23H,1-5H3,(H,21,25). The van der Waals surface area contributed by atoms with Crippen molar-refractivity contribution in [3.63, 3.8) is 0 Å². The van der Waals surface area contributed by atoms with E-state index in [2.05, 4.69) is 15.2 Å². The number of sulfonamides is 2. The normalized spacial score (nSPS) is 12.2. The van der Waals surface area contributed by atoms with Crippen molar-refractivity contribution >= 4 is 60.5 Å². The minimum Gasteiger partial charge on any atom is -0.336 e. The van der Waals surface area contributed by atoms with Gasteiger partial charge in [0.25, 0.3) is 21.8 Å². The maximum absolute atomic E-state index is 13.1. The van der Waals surface area contributed by atoms with E-state index in [1.165, 1.54) is 38.5 Å². The Hall–Kier alpha value is -2.45. The molecule has 1 aromatic carbocycles. The first-order chi connectivity index (χ1) is 15.3. The van der Waals surface area contributed by atoms with Crippen molar-refractivity contribution in [1.29, 1.82) is 0 Å². The van der Waals surface area contributed by atoms with Gasteiger partial charge in [-0.05, 0) is 49.4 Å². The van der Waals surface area contributed by atoms with Crippen LogP contribution >= 0.6 is 22.9 Å². The highest BCUT2D eigenvalue weighted by Crippen LogP contribution is 2.32. The van der Waals surface area contributed by atoms with E-state index in [1.807, 2.05) is 0 Å². The number of carbonyl (C=O) groups excluding carboxylic acids is 1. The zero-order chi connectivity index (χ0) is 24.7. The highest BCUT2D eigenvalue weighted by molar-refractivity contribution is 7.93. The van der Waals surface area contributed by atoms with Crippen LogP contribution in [0.25, 0.3) is 0 Å². The average Bonchev–Trinajstić information content (AvgIpc) is 3.33. The lowest BCUT2D eigenvalue weighted by Gasteiger charge is -2.18. The zero-order valence-corrected chi connectivity index (χ0v) is 21.5. The molecular formula is C19H21ClN4O6S3. The van der Waals surface area contributed by atoms with Gasteiger partial charge >= 0.3 is 0 Å². The summed E-state index contributed by atoms with van der Waals surface area (Å²) in [6.45, 7) is 4.93. The third-order valence-corrected chi connectivity index (χ3v) is 9.28. The van der Waals surface area contributed by atoms with E-state index >= 15 is 0 Å². The van der Waals surface area contributed by atoms with Crippen molar-refractivity contribution < 1.29 is 26.2 Å². The third-order valence-electron chi connectivity index (χ3n) is 4.58. The molecule has 3 aromatic rings. The smallest absolute Gasteiger partial charge is 0.267 e. The van der Waals surface area contributed by atoms with Crippen LogP contribution in [-0.2, 0) is 20.0 Å². The summed E-state index contributed by atoms with van der Waals surface area (Å²) in [5.74, 6) is -1.06. The maximum Gasteiger partial charge on any atom is 0.267 e. The first-order valence-corrected chi connectivity index (χ1v) is 13.5. The summed E-state index contributed by atoms with van der Waals surface area (Å²) in [7, 11) is -5.39. The molecule has 1 amide bonds. The number of hydrogen-bond donors (Lipinski definition) is 2. The van der Waals surface area contributed by atoms with Gasteiger partial charge in [-0.1, -0.05) is 22.8 Å². The van der Waals surface area contributed by atoms with E-state index in [0.717, 1.165) is 15.6 Å². The fourth-order valence-electron chi connectivity index (χ4n) is 2.93. The summed E-state index contributed by atoms with van der Waals surface area (Å²) in [5, 5.41) is 7.58. The Morgan fingerprint density at radius 1 is 1.12 bits per heavy atom. The molecule has 2 aromatic heterocycles. The fourth-order valence-corrected chi connectivity index (χ4v) is 6.62. The number of anilines is 2. The number of amides is 1. The Kier molecular flexibility index (Phi) is 6.92. The summed E-state index contributed by atoms with van der Waals surface area (Å²) in [5.41, 5.74) is 1.56. The molecule has 0 unspecified atom stereocenters. The summed E-state index contributed by atoms with van der Waals surface area (Å²) in [6, 6.07) is 4.41. The second-order valence-electron chi connectivity index (χ2n) is 7.33. The number of aryl methyl sites for hydroxylation is 3. The van der Waals surface area contributed by atoms with E-state index in [9.17, 15) is 21.6 Å². The molecule has 0 spiro atoms. The molecular weight excluding hydrogens is 512 g/mol. The van der Waals surface area contributed by atoms with E-state index in [-0.39, 0.29) is 31.3 Å². The molecule has 0 saturated heterocycles. The molecule has 3 rings (SSSR count). The van der Waals surface area contributed by atoms with E-state index in [4.69, 9.17) is 16.1 Å². The number of benzene rings is 1. The molecule has 0 atom stereocenters. The third kappa shape index (κ3) is 4.92. The van der Waals surface area contributed by atoms with Gasteiger partial charge in [-0.15, -0.1) is 11.3 Å². The predicted octanol–water partition coefficient (Wildman–Crippen LogP) is 3.62. The summed E-state index contributed by atoms with van der Waals surface area (Å²) >= 11 is 6.86. The molecule has 2 heterocycles.